The van der Waals surface area contributed by atoms with Crippen LogP contribution in [0.25, 0.3) is 0 Å². The van der Waals surface area contributed by atoms with E-state index in [0.717, 1.165) is 75.4 Å². The Kier molecular flexibility index (Phi) is 11.7. The van der Waals surface area contributed by atoms with Crippen molar-refractivity contribution in [3.8, 4) is 11.5 Å². The van der Waals surface area contributed by atoms with Crippen molar-refractivity contribution in [2.75, 3.05) is 72.1 Å². The van der Waals surface area contributed by atoms with E-state index in [-0.39, 0.29) is 24.0 Å². The molecule has 0 amide bonds. The normalized spacial score (nSPS) is 21.4. The first-order valence-corrected chi connectivity index (χ1v) is 11.4. The van der Waals surface area contributed by atoms with Gasteiger partial charge in [0.25, 0.3) is 0 Å². The maximum absolute atomic E-state index is 5.43. The summed E-state index contributed by atoms with van der Waals surface area (Å²) in [4.78, 5) is 9.80. The van der Waals surface area contributed by atoms with E-state index in [9.17, 15) is 0 Å². The van der Waals surface area contributed by atoms with Crippen molar-refractivity contribution in [2.24, 2.45) is 4.99 Å². The second kappa shape index (κ2) is 13.9. The zero-order valence-corrected chi connectivity index (χ0v) is 22.3. The fourth-order valence-corrected chi connectivity index (χ4v) is 4.40. The fraction of sp³-hybridized carbons (Fsp3) is 0.696. The maximum atomic E-state index is 5.43. The SMILES string of the molecule is CCNC(=NCC1CCCN1CCOC)NC1CCN(c2cc(OC)cc(OC)c2)C1.I. The highest BCUT2D eigenvalue weighted by molar-refractivity contribution is 14.0. The Balaban J connectivity index is 0.00000363. The van der Waals surface area contributed by atoms with Crippen molar-refractivity contribution in [3.05, 3.63) is 18.2 Å². The quantitative estimate of drug-likeness (QED) is 0.259. The molecule has 2 aliphatic heterocycles. The first kappa shape index (κ1) is 26.8. The molecule has 2 saturated heterocycles. The van der Waals surface area contributed by atoms with Crippen LogP contribution in [0.15, 0.2) is 23.2 Å². The van der Waals surface area contributed by atoms with Crippen molar-refractivity contribution in [1.82, 2.24) is 15.5 Å². The van der Waals surface area contributed by atoms with Crippen LogP contribution < -0.4 is 25.0 Å². The highest BCUT2D eigenvalue weighted by Crippen LogP contribution is 2.30. The molecule has 0 radical (unpaired) electrons. The Bertz CT molecular complexity index is 699. The third kappa shape index (κ3) is 7.55. The van der Waals surface area contributed by atoms with Gasteiger partial charge >= 0.3 is 0 Å². The number of anilines is 1. The summed E-state index contributed by atoms with van der Waals surface area (Å²) < 4.78 is 16.1. The summed E-state index contributed by atoms with van der Waals surface area (Å²) in [5.74, 6) is 2.54. The van der Waals surface area contributed by atoms with Gasteiger partial charge in [-0.25, -0.2) is 0 Å². The summed E-state index contributed by atoms with van der Waals surface area (Å²) in [6.07, 6.45) is 3.52. The number of likely N-dealkylation sites (tertiary alicyclic amines) is 1. The van der Waals surface area contributed by atoms with E-state index in [0.29, 0.717) is 12.1 Å². The van der Waals surface area contributed by atoms with Gasteiger partial charge in [0.05, 0.1) is 27.4 Å². The van der Waals surface area contributed by atoms with Crippen LogP contribution in [0.3, 0.4) is 0 Å². The summed E-state index contributed by atoms with van der Waals surface area (Å²) in [6.45, 7) is 8.62. The third-order valence-corrected chi connectivity index (χ3v) is 6.12. The fourth-order valence-electron chi connectivity index (χ4n) is 4.40. The average molecular weight is 562 g/mol. The van der Waals surface area contributed by atoms with E-state index in [1.54, 1.807) is 21.3 Å². The number of nitrogens with one attached hydrogen (secondary N) is 2. The van der Waals surface area contributed by atoms with E-state index in [1.807, 2.05) is 6.07 Å². The molecule has 0 spiro atoms. The van der Waals surface area contributed by atoms with Gasteiger partial charge in [0.1, 0.15) is 11.5 Å². The molecule has 1 aromatic carbocycles. The minimum Gasteiger partial charge on any atom is -0.497 e. The van der Waals surface area contributed by atoms with Gasteiger partial charge in [-0.1, -0.05) is 0 Å². The molecule has 2 unspecified atom stereocenters. The number of aliphatic imine (C=N–C) groups is 1. The highest BCUT2D eigenvalue weighted by Gasteiger charge is 2.26. The molecular formula is C23H40IN5O3. The lowest BCUT2D eigenvalue weighted by Gasteiger charge is -2.24. The van der Waals surface area contributed by atoms with Crippen LogP contribution in [0.5, 0.6) is 11.5 Å². The number of benzene rings is 1. The molecule has 3 rings (SSSR count). The highest BCUT2D eigenvalue weighted by atomic mass is 127. The monoisotopic (exact) mass is 561 g/mol. The molecule has 1 aromatic rings. The van der Waals surface area contributed by atoms with Crippen LogP contribution in [0.1, 0.15) is 26.2 Å². The van der Waals surface area contributed by atoms with Gasteiger partial charge < -0.3 is 29.7 Å². The lowest BCUT2D eigenvalue weighted by molar-refractivity contribution is 0.142. The van der Waals surface area contributed by atoms with Gasteiger partial charge in [-0.15, -0.1) is 24.0 Å². The van der Waals surface area contributed by atoms with Crippen molar-refractivity contribution in [3.63, 3.8) is 0 Å². The van der Waals surface area contributed by atoms with Gasteiger partial charge in [0.15, 0.2) is 5.96 Å². The predicted molar refractivity (Wildman–Crippen MR) is 141 cm³/mol. The van der Waals surface area contributed by atoms with Crippen LogP contribution in [-0.2, 0) is 4.74 Å². The number of halogens is 1. The first-order chi connectivity index (χ1) is 15.2. The number of ether oxygens (including phenoxy) is 3. The Morgan fingerprint density at radius 2 is 1.84 bits per heavy atom. The minimum absolute atomic E-state index is 0. The van der Waals surface area contributed by atoms with Gasteiger partial charge in [-0.05, 0) is 32.7 Å². The topological polar surface area (TPSA) is 70.6 Å². The van der Waals surface area contributed by atoms with Crippen LogP contribution in [0, 0.1) is 0 Å². The Morgan fingerprint density at radius 1 is 1.09 bits per heavy atom. The lowest BCUT2D eigenvalue weighted by Crippen LogP contribution is -2.45. The van der Waals surface area contributed by atoms with Crippen LogP contribution in [0.4, 0.5) is 5.69 Å². The molecule has 0 aliphatic carbocycles. The Morgan fingerprint density at radius 3 is 2.50 bits per heavy atom. The Hall–Kier alpha value is -1.46. The van der Waals surface area contributed by atoms with E-state index in [2.05, 4.69) is 39.5 Å². The van der Waals surface area contributed by atoms with Crippen LogP contribution in [0.2, 0.25) is 0 Å². The van der Waals surface area contributed by atoms with E-state index in [4.69, 9.17) is 19.2 Å². The number of hydrogen-bond acceptors (Lipinski definition) is 6. The molecule has 8 nitrogen and oxygen atoms in total. The molecule has 182 valence electrons. The molecular weight excluding hydrogens is 521 g/mol. The molecule has 0 saturated carbocycles. The number of nitrogens with zero attached hydrogens (tertiary/aromatic N) is 3. The van der Waals surface area contributed by atoms with Crippen molar-refractivity contribution in [2.45, 2.75) is 38.3 Å². The Labute approximate surface area is 210 Å². The summed E-state index contributed by atoms with van der Waals surface area (Å²) in [5.41, 5.74) is 1.13. The lowest BCUT2D eigenvalue weighted by atomic mass is 10.2. The number of guanidine groups is 1. The van der Waals surface area contributed by atoms with E-state index >= 15 is 0 Å². The van der Waals surface area contributed by atoms with Gasteiger partial charge in [0, 0.05) is 69.3 Å². The molecule has 9 heteroatoms. The second-order valence-corrected chi connectivity index (χ2v) is 8.19. The minimum atomic E-state index is 0. The van der Waals surface area contributed by atoms with Gasteiger partial charge in [0.2, 0.25) is 0 Å². The molecule has 2 heterocycles. The van der Waals surface area contributed by atoms with E-state index in [1.165, 1.54) is 12.8 Å². The first-order valence-electron chi connectivity index (χ1n) is 11.4. The van der Waals surface area contributed by atoms with Gasteiger partial charge in [-0.2, -0.15) is 0 Å². The third-order valence-electron chi connectivity index (χ3n) is 6.12. The molecule has 0 aromatic heterocycles. The second-order valence-electron chi connectivity index (χ2n) is 8.19. The molecule has 2 atom stereocenters. The smallest absolute Gasteiger partial charge is 0.191 e. The van der Waals surface area contributed by atoms with Crippen molar-refractivity contribution >= 4 is 35.6 Å². The van der Waals surface area contributed by atoms with E-state index < -0.39 is 0 Å². The number of methoxy groups -OCH3 is 3. The molecule has 32 heavy (non-hydrogen) atoms. The summed E-state index contributed by atoms with van der Waals surface area (Å²) in [5, 5.41) is 7.07. The molecule has 2 fully saturated rings. The zero-order chi connectivity index (χ0) is 22.1. The van der Waals surface area contributed by atoms with Crippen LogP contribution in [-0.4, -0.2) is 90.1 Å². The number of rotatable bonds is 10. The van der Waals surface area contributed by atoms with Crippen LogP contribution >= 0.6 is 24.0 Å². The predicted octanol–water partition coefficient (Wildman–Crippen LogP) is 2.57. The van der Waals surface area contributed by atoms with Gasteiger partial charge in [-0.3, -0.25) is 9.89 Å². The standard InChI is InChI=1S/C23H39N5O3.HI/c1-5-24-23(25-16-19-7-6-9-27(19)11-12-29-2)26-18-8-10-28(17-18)20-13-21(30-3)15-22(14-20)31-4;/h13-15,18-19H,5-12,16-17H2,1-4H3,(H2,24,25,26);1H. The molecule has 2 N–H and O–H groups in total. The molecule has 0 bridgehead atoms. The summed E-state index contributed by atoms with van der Waals surface area (Å²) in [7, 11) is 5.14. The summed E-state index contributed by atoms with van der Waals surface area (Å²) >= 11 is 0. The number of hydrogen-bond donors (Lipinski definition) is 2. The zero-order valence-electron chi connectivity index (χ0n) is 19.9. The summed E-state index contributed by atoms with van der Waals surface area (Å²) in [6, 6.07) is 6.90. The van der Waals surface area contributed by atoms with Crippen molar-refractivity contribution in [1.29, 1.82) is 0 Å². The average Bonchev–Trinajstić information content (AvgIpc) is 3.45. The molecule has 2 aliphatic rings. The largest absolute Gasteiger partial charge is 0.497 e. The maximum Gasteiger partial charge on any atom is 0.191 e. The van der Waals surface area contributed by atoms with Crippen molar-refractivity contribution < 1.29 is 14.2 Å².